The third-order valence-corrected chi connectivity index (χ3v) is 4.49. The minimum absolute atomic E-state index is 0.199. The minimum atomic E-state index is -0.325. The highest BCUT2D eigenvalue weighted by atomic mass is 16.2. The fourth-order valence-electron chi connectivity index (χ4n) is 3.08. The molecule has 0 aliphatic carbocycles. The molecule has 8 heteroatoms. The van der Waals surface area contributed by atoms with E-state index >= 15 is 0 Å². The van der Waals surface area contributed by atoms with Crippen molar-refractivity contribution in [3.05, 3.63) is 53.9 Å². The summed E-state index contributed by atoms with van der Waals surface area (Å²) in [5.74, 6) is 0.589. The Morgan fingerprint density at radius 3 is 2.59 bits per heavy atom. The minimum Gasteiger partial charge on any atom is -0.340 e. The fourth-order valence-corrected chi connectivity index (χ4v) is 3.08. The molecule has 0 saturated heterocycles. The molecule has 0 saturated carbocycles. The van der Waals surface area contributed by atoms with E-state index in [2.05, 4.69) is 20.5 Å². The first-order chi connectivity index (χ1) is 13.0. The summed E-state index contributed by atoms with van der Waals surface area (Å²) >= 11 is 0. The highest BCUT2D eigenvalue weighted by Crippen LogP contribution is 2.30. The molecule has 1 N–H and O–H groups in total. The maximum absolute atomic E-state index is 12.4. The van der Waals surface area contributed by atoms with Crippen LogP contribution in [0.25, 0.3) is 11.5 Å². The van der Waals surface area contributed by atoms with E-state index in [0.29, 0.717) is 34.2 Å². The normalized spacial score (nSPS) is 13.4. The molecular weight excluding hydrogens is 344 g/mol. The molecule has 3 aromatic rings. The van der Waals surface area contributed by atoms with Crippen LogP contribution < -0.4 is 5.32 Å². The number of nitrogens with one attached hydrogen (secondary N) is 1. The van der Waals surface area contributed by atoms with Gasteiger partial charge in [0, 0.05) is 13.1 Å². The molecule has 1 aliphatic rings. The van der Waals surface area contributed by atoms with Gasteiger partial charge in [0.1, 0.15) is 17.8 Å². The Morgan fingerprint density at radius 2 is 1.81 bits per heavy atom. The van der Waals surface area contributed by atoms with Crippen LogP contribution in [0.4, 0.5) is 11.5 Å². The number of hydrogen-bond acceptors (Lipinski definition) is 6. The maximum atomic E-state index is 12.4. The van der Waals surface area contributed by atoms with E-state index in [0.717, 1.165) is 4.90 Å². The summed E-state index contributed by atoms with van der Waals surface area (Å²) in [7, 11) is 1.48. The molecule has 0 bridgehead atoms. The van der Waals surface area contributed by atoms with Crippen molar-refractivity contribution in [1.29, 1.82) is 0 Å². The lowest BCUT2D eigenvalue weighted by Crippen LogP contribution is -2.24. The van der Waals surface area contributed by atoms with Gasteiger partial charge < -0.3 is 9.88 Å². The number of carbonyl (C=O) groups is 2. The van der Waals surface area contributed by atoms with Gasteiger partial charge in [-0.3, -0.25) is 14.5 Å². The van der Waals surface area contributed by atoms with Crippen LogP contribution in [0.15, 0.2) is 42.7 Å². The summed E-state index contributed by atoms with van der Waals surface area (Å²) in [6.07, 6.45) is 1.67. The molecule has 0 radical (unpaired) electrons. The number of nitrogens with zero attached hydrogens (tertiary/aromatic N) is 5. The monoisotopic (exact) mass is 362 g/mol. The van der Waals surface area contributed by atoms with Crippen molar-refractivity contribution >= 4 is 23.3 Å². The Balaban J connectivity index is 1.71. The molecule has 0 atom stereocenters. The molecule has 8 nitrogen and oxygen atoms in total. The van der Waals surface area contributed by atoms with Gasteiger partial charge in [-0.15, -0.1) is 10.2 Å². The number of carbonyl (C=O) groups excluding carboxylic acids is 2. The van der Waals surface area contributed by atoms with Gasteiger partial charge in [-0.05, 0) is 38.1 Å². The fraction of sp³-hybridized carbons (Fsp3) is 0.211. The second-order valence-electron chi connectivity index (χ2n) is 6.59. The molecule has 3 heterocycles. The van der Waals surface area contributed by atoms with E-state index in [-0.39, 0.29) is 17.9 Å². The first kappa shape index (κ1) is 16.9. The summed E-state index contributed by atoms with van der Waals surface area (Å²) in [5.41, 5.74) is 1.97. The van der Waals surface area contributed by atoms with Crippen molar-refractivity contribution in [2.24, 2.45) is 0 Å². The van der Waals surface area contributed by atoms with Crippen LogP contribution in [0.3, 0.4) is 0 Å². The zero-order chi connectivity index (χ0) is 19.1. The molecule has 2 amide bonds. The predicted molar refractivity (Wildman–Crippen MR) is 99.8 cm³/mol. The molecule has 0 spiro atoms. The van der Waals surface area contributed by atoms with Gasteiger partial charge in [0.05, 0.1) is 16.8 Å². The van der Waals surface area contributed by atoms with Gasteiger partial charge in [0.25, 0.3) is 11.8 Å². The van der Waals surface area contributed by atoms with Crippen molar-refractivity contribution < 1.29 is 9.59 Å². The molecular formula is C19H18N6O2. The molecule has 136 valence electrons. The smallest absolute Gasteiger partial charge is 0.263 e. The Morgan fingerprint density at radius 1 is 1.04 bits per heavy atom. The zero-order valence-corrected chi connectivity index (χ0v) is 15.2. The molecule has 0 fully saturated rings. The van der Waals surface area contributed by atoms with E-state index in [1.54, 1.807) is 30.6 Å². The third-order valence-electron chi connectivity index (χ3n) is 4.49. The first-order valence-corrected chi connectivity index (χ1v) is 8.56. The van der Waals surface area contributed by atoms with Gasteiger partial charge in [0.2, 0.25) is 0 Å². The molecule has 2 aromatic heterocycles. The standard InChI is InChI=1S/C19H18N6O2/c1-11(2)25-10-20-23-17(25)14-8-5-9-15(22-14)21-13-7-4-6-12-16(13)19(27)24(3)18(12)26/h4-11H,1-3H3,(H,21,22). The molecule has 4 rings (SSSR count). The average Bonchev–Trinajstić information content (AvgIpc) is 3.23. The van der Waals surface area contributed by atoms with Crippen molar-refractivity contribution in [1.82, 2.24) is 24.6 Å². The highest BCUT2D eigenvalue weighted by molar-refractivity contribution is 6.23. The van der Waals surface area contributed by atoms with Crippen LogP contribution in [0.5, 0.6) is 0 Å². The summed E-state index contributed by atoms with van der Waals surface area (Å²) in [4.78, 5) is 30.3. The largest absolute Gasteiger partial charge is 0.340 e. The van der Waals surface area contributed by atoms with Crippen LogP contribution in [0, 0.1) is 0 Å². The van der Waals surface area contributed by atoms with E-state index in [4.69, 9.17) is 0 Å². The van der Waals surface area contributed by atoms with Crippen molar-refractivity contribution in [3.8, 4) is 11.5 Å². The van der Waals surface area contributed by atoms with Crippen LogP contribution in [0.2, 0.25) is 0 Å². The number of benzene rings is 1. The van der Waals surface area contributed by atoms with Crippen LogP contribution in [0.1, 0.15) is 40.6 Å². The Kier molecular flexibility index (Phi) is 3.95. The second kappa shape index (κ2) is 6.31. The van der Waals surface area contributed by atoms with Gasteiger partial charge in [-0.25, -0.2) is 4.98 Å². The number of rotatable bonds is 4. The number of pyridine rings is 1. The van der Waals surface area contributed by atoms with Crippen LogP contribution in [-0.2, 0) is 0 Å². The van der Waals surface area contributed by atoms with Crippen LogP contribution in [-0.4, -0.2) is 43.5 Å². The first-order valence-electron chi connectivity index (χ1n) is 8.56. The van der Waals surface area contributed by atoms with E-state index in [1.807, 2.05) is 30.5 Å². The number of fused-ring (bicyclic) bond motifs is 1. The maximum Gasteiger partial charge on any atom is 0.263 e. The topological polar surface area (TPSA) is 93.0 Å². The van der Waals surface area contributed by atoms with Crippen molar-refractivity contribution in [2.45, 2.75) is 19.9 Å². The summed E-state index contributed by atoms with van der Waals surface area (Å²) in [6.45, 7) is 4.09. The molecule has 27 heavy (non-hydrogen) atoms. The number of anilines is 2. The van der Waals surface area contributed by atoms with Gasteiger partial charge >= 0.3 is 0 Å². The Hall–Kier alpha value is -3.55. The average molecular weight is 362 g/mol. The highest BCUT2D eigenvalue weighted by Gasteiger charge is 2.34. The lowest BCUT2D eigenvalue weighted by Gasteiger charge is -2.12. The molecule has 1 aromatic carbocycles. The lowest BCUT2D eigenvalue weighted by atomic mass is 10.1. The summed E-state index contributed by atoms with van der Waals surface area (Å²) < 4.78 is 1.93. The SMILES string of the molecule is CC(C)n1cnnc1-c1cccc(Nc2cccc3c2C(=O)N(C)C3=O)n1. The third kappa shape index (κ3) is 2.75. The van der Waals surface area contributed by atoms with Gasteiger partial charge in [0.15, 0.2) is 5.82 Å². The Labute approximate surface area is 155 Å². The second-order valence-corrected chi connectivity index (χ2v) is 6.59. The number of amides is 2. The quantitative estimate of drug-likeness (QED) is 0.718. The number of aromatic nitrogens is 4. The predicted octanol–water partition coefficient (Wildman–Crippen LogP) is 2.89. The van der Waals surface area contributed by atoms with E-state index in [9.17, 15) is 9.59 Å². The summed E-state index contributed by atoms with van der Waals surface area (Å²) in [6, 6.07) is 10.9. The van der Waals surface area contributed by atoms with Gasteiger partial charge in [-0.2, -0.15) is 0 Å². The van der Waals surface area contributed by atoms with Crippen LogP contribution >= 0.6 is 0 Å². The van der Waals surface area contributed by atoms with Crippen molar-refractivity contribution in [3.63, 3.8) is 0 Å². The van der Waals surface area contributed by atoms with E-state index < -0.39 is 0 Å². The van der Waals surface area contributed by atoms with E-state index in [1.165, 1.54) is 7.05 Å². The van der Waals surface area contributed by atoms with Crippen molar-refractivity contribution in [2.75, 3.05) is 12.4 Å². The zero-order valence-electron chi connectivity index (χ0n) is 15.2. The number of imide groups is 1. The lowest BCUT2D eigenvalue weighted by molar-refractivity contribution is 0.0693. The summed E-state index contributed by atoms with van der Waals surface area (Å²) in [5, 5.41) is 11.3. The Bertz CT molecular complexity index is 1060. The number of hydrogen-bond donors (Lipinski definition) is 1. The molecule has 1 aliphatic heterocycles. The molecule has 0 unspecified atom stereocenters. The van der Waals surface area contributed by atoms with Gasteiger partial charge in [-0.1, -0.05) is 12.1 Å².